The Morgan fingerprint density at radius 3 is 0.831 bits per heavy atom. The second-order valence-corrected chi connectivity index (χ2v) is 25.7. The summed E-state index contributed by atoms with van der Waals surface area (Å²) in [6.45, 7) is 19.2. The van der Waals surface area contributed by atoms with E-state index in [2.05, 4.69) is 103 Å². The van der Waals surface area contributed by atoms with Crippen molar-refractivity contribution in [2.24, 2.45) is 0 Å². The molecule has 0 atom stereocenters. The molecule has 0 fully saturated rings. The SMILES string of the molecule is CCCCCCC1=C(c2cccc(CCCCCC)c2)[N+](=[N-])C(c2cccc(CCCCCC)c2)=C1.[CH2-]CCCCCCCCCCCCCCCCCCCCCC.[CH2-]CCCCCCCCCCCCCCCCCCCCCC.[Pd+2]. The van der Waals surface area contributed by atoms with Crippen LogP contribution in [0, 0.1) is 13.8 Å². The van der Waals surface area contributed by atoms with Gasteiger partial charge in [-0.25, -0.2) is 4.70 Å². The zero-order chi connectivity index (χ0) is 59.3. The molecule has 2 aromatic carbocycles. The van der Waals surface area contributed by atoms with Crippen molar-refractivity contribution < 1.29 is 25.1 Å². The van der Waals surface area contributed by atoms with Gasteiger partial charge in [-0.1, -0.05) is 374 Å². The first-order valence-electron chi connectivity index (χ1n) is 37.2. The fourth-order valence-electron chi connectivity index (χ4n) is 12.1. The number of hydrogen-bond acceptors (Lipinski definition) is 0. The van der Waals surface area contributed by atoms with Gasteiger partial charge in [0.25, 0.3) is 0 Å². The van der Waals surface area contributed by atoms with Gasteiger partial charge in [0.05, 0.1) is 0 Å². The summed E-state index contributed by atoms with van der Waals surface area (Å²) in [6.07, 6.45) is 81.2. The molecule has 0 unspecified atom stereocenters. The van der Waals surface area contributed by atoms with Crippen LogP contribution in [0.3, 0.4) is 0 Å². The van der Waals surface area contributed by atoms with Crippen molar-refractivity contribution >= 4 is 11.4 Å². The van der Waals surface area contributed by atoms with E-state index in [4.69, 9.17) is 0 Å². The molecule has 2 nitrogen and oxygen atoms in total. The summed E-state index contributed by atoms with van der Waals surface area (Å²) in [5.74, 6) is 0. The molecule has 1 aliphatic rings. The van der Waals surface area contributed by atoms with Gasteiger partial charge in [-0.05, 0) is 73.9 Å². The molecule has 0 radical (unpaired) electrons. The van der Waals surface area contributed by atoms with E-state index in [-0.39, 0.29) is 20.4 Å². The molecule has 1 heterocycles. The Kier molecular flexibility index (Phi) is 63.2. The average Bonchev–Trinajstić information content (AvgIpc) is 3.21. The molecule has 1 aliphatic heterocycles. The fourth-order valence-corrected chi connectivity index (χ4v) is 12.1. The van der Waals surface area contributed by atoms with Gasteiger partial charge in [-0.3, -0.25) is 0 Å². The molecule has 83 heavy (non-hydrogen) atoms. The molecule has 0 saturated heterocycles. The van der Waals surface area contributed by atoms with Gasteiger partial charge >= 0.3 is 20.4 Å². The van der Waals surface area contributed by atoms with E-state index in [0.717, 1.165) is 54.6 Å². The van der Waals surface area contributed by atoms with E-state index in [1.54, 1.807) is 0 Å². The standard InChI is InChI=1S/C34H48N2.2C23H47.Pd/c1-4-7-10-13-18-28-20-16-23-30(25-28)33-27-32(22-15-12-9-6-3)34(36(33)35)31-24-17-21-29(26-31)19-14-11-8-5-2;2*1-3-5-7-9-11-13-15-17-19-21-23-22-20-18-16-14-12-10-8-6-4-2;/h16-17,20-21,23-27H,4-15,18-19,22H2,1-3H3;2*1,3-23H2,2H3;/q;2*-1;+2. The van der Waals surface area contributed by atoms with Crippen molar-refractivity contribution in [3.05, 3.63) is 102 Å². The molecular weight excluding hydrogens is 1100 g/mol. The van der Waals surface area contributed by atoms with Gasteiger partial charge in [-0.2, -0.15) is 12.8 Å². The van der Waals surface area contributed by atoms with Gasteiger partial charge in [0, 0.05) is 22.8 Å². The second kappa shape index (κ2) is 64.7. The molecular formula is C80H142N2Pd. The third-order valence-corrected chi connectivity index (χ3v) is 17.6. The van der Waals surface area contributed by atoms with Crippen LogP contribution < -0.4 is 0 Å². The third-order valence-electron chi connectivity index (χ3n) is 17.6. The fraction of sp³-hybridized carbons (Fsp3) is 0.775. The van der Waals surface area contributed by atoms with Crippen LogP contribution >= 0.6 is 0 Å². The summed E-state index contributed by atoms with van der Waals surface area (Å²) in [7, 11) is 0. The predicted molar refractivity (Wildman–Crippen MR) is 372 cm³/mol. The molecule has 2 aromatic rings. The van der Waals surface area contributed by atoms with E-state index < -0.39 is 0 Å². The Labute approximate surface area is 535 Å². The molecule has 0 bridgehead atoms. The molecule has 0 saturated carbocycles. The molecule has 0 amide bonds. The minimum absolute atomic E-state index is 0. The van der Waals surface area contributed by atoms with E-state index in [9.17, 15) is 5.53 Å². The molecule has 482 valence electrons. The summed E-state index contributed by atoms with van der Waals surface area (Å²) in [6, 6.07) is 17.7. The van der Waals surface area contributed by atoms with E-state index in [1.165, 1.54) is 355 Å². The van der Waals surface area contributed by atoms with Crippen LogP contribution in [-0.4, -0.2) is 4.70 Å². The summed E-state index contributed by atoms with van der Waals surface area (Å²) in [5, 5.41) is 0. The first-order chi connectivity index (χ1) is 40.5. The summed E-state index contributed by atoms with van der Waals surface area (Å²) in [4.78, 5) is 0. The van der Waals surface area contributed by atoms with Crippen molar-refractivity contribution in [1.82, 2.24) is 0 Å². The van der Waals surface area contributed by atoms with Gasteiger partial charge in [0.2, 0.25) is 11.4 Å². The average molecular weight is 1240 g/mol. The normalized spacial score (nSPS) is 12.1. The molecule has 0 aromatic heterocycles. The van der Waals surface area contributed by atoms with Crippen LogP contribution in [0.25, 0.3) is 16.9 Å². The van der Waals surface area contributed by atoms with Gasteiger partial charge in [-0.15, -0.1) is 0 Å². The summed E-state index contributed by atoms with van der Waals surface area (Å²) in [5.41, 5.74) is 19.7. The minimum Gasteiger partial charge on any atom is -0.493 e. The molecule has 3 heteroatoms. The van der Waals surface area contributed by atoms with Crippen LogP contribution in [0.15, 0.2) is 60.2 Å². The Morgan fingerprint density at radius 1 is 0.301 bits per heavy atom. The van der Waals surface area contributed by atoms with Crippen LogP contribution in [0.1, 0.15) is 410 Å². The van der Waals surface area contributed by atoms with Crippen LogP contribution in [0.2, 0.25) is 0 Å². The molecule has 0 aliphatic carbocycles. The number of unbranched alkanes of at least 4 members (excludes halogenated alkanes) is 49. The second-order valence-electron chi connectivity index (χ2n) is 25.7. The van der Waals surface area contributed by atoms with Gasteiger partial charge < -0.3 is 19.4 Å². The molecule has 0 N–H and O–H groups in total. The maximum Gasteiger partial charge on any atom is 2.00 e. The van der Waals surface area contributed by atoms with Crippen molar-refractivity contribution in [3.63, 3.8) is 0 Å². The Bertz CT molecular complexity index is 1640. The Balaban J connectivity index is 0.00000126. The topological polar surface area (TPSA) is 25.3 Å². The first kappa shape index (κ1) is 81.2. The minimum atomic E-state index is 0. The van der Waals surface area contributed by atoms with Crippen LogP contribution in [0.5, 0.6) is 0 Å². The maximum absolute atomic E-state index is 11.5. The van der Waals surface area contributed by atoms with E-state index in [1.807, 2.05) is 0 Å². The number of allylic oxidation sites excluding steroid dienone is 2. The van der Waals surface area contributed by atoms with Crippen molar-refractivity contribution in [2.45, 2.75) is 401 Å². The number of nitrogens with zero attached hydrogens (tertiary/aromatic N) is 2. The molecule has 3 rings (SSSR count). The van der Waals surface area contributed by atoms with Gasteiger partial charge in [0.1, 0.15) is 0 Å². The maximum atomic E-state index is 11.5. The number of aryl methyl sites for hydroxylation is 2. The van der Waals surface area contributed by atoms with Crippen molar-refractivity contribution in [3.8, 4) is 0 Å². The number of rotatable bonds is 57. The zero-order valence-electron chi connectivity index (χ0n) is 56.6. The Hall–Kier alpha value is -1.82. The Morgan fingerprint density at radius 2 is 0.542 bits per heavy atom. The van der Waals surface area contributed by atoms with Gasteiger partial charge in [0.15, 0.2) is 0 Å². The predicted octanol–water partition coefficient (Wildman–Crippen LogP) is 28.8. The summed E-state index contributed by atoms with van der Waals surface area (Å²) < 4.78 is 1.47. The van der Waals surface area contributed by atoms with E-state index >= 15 is 0 Å². The third kappa shape index (κ3) is 48.8. The van der Waals surface area contributed by atoms with Crippen molar-refractivity contribution in [2.75, 3.05) is 0 Å². The summed E-state index contributed by atoms with van der Waals surface area (Å²) >= 11 is 0. The van der Waals surface area contributed by atoms with Crippen LogP contribution in [0.4, 0.5) is 0 Å². The number of hydrogen-bond donors (Lipinski definition) is 0. The number of benzene rings is 2. The van der Waals surface area contributed by atoms with Crippen LogP contribution in [-0.2, 0) is 33.3 Å². The zero-order valence-corrected chi connectivity index (χ0v) is 58.2. The largest absolute Gasteiger partial charge is 2.00 e. The monoisotopic (exact) mass is 1240 g/mol. The quantitative estimate of drug-likeness (QED) is 0.0273. The van der Waals surface area contributed by atoms with E-state index in [0.29, 0.717) is 0 Å². The smallest absolute Gasteiger partial charge is 0.493 e. The molecule has 0 spiro atoms. The van der Waals surface area contributed by atoms with Crippen molar-refractivity contribution in [1.29, 1.82) is 0 Å². The first-order valence-corrected chi connectivity index (χ1v) is 37.2.